The number of hydrogen-bond acceptors (Lipinski definition) is 3. The molecule has 0 aliphatic carbocycles. The van der Waals surface area contributed by atoms with Crippen LogP contribution in [0, 0.1) is 5.82 Å². The lowest BCUT2D eigenvalue weighted by molar-refractivity contribution is 0.101. The summed E-state index contributed by atoms with van der Waals surface area (Å²) in [6.07, 6.45) is 3.15. The number of carbonyl (C=O) groups is 2. The summed E-state index contributed by atoms with van der Waals surface area (Å²) in [5.74, 6) is -1.31. The van der Waals surface area contributed by atoms with Crippen molar-refractivity contribution in [3.63, 3.8) is 0 Å². The summed E-state index contributed by atoms with van der Waals surface area (Å²) < 4.78 is 13.8. The van der Waals surface area contributed by atoms with Crippen molar-refractivity contribution in [1.29, 1.82) is 0 Å². The van der Waals surface area contributed by atoms with Crippen molar-refractivity contribution in [2.75, 3.05) is 10.6 Å². The van der Waals surface area contributed by atoms with E-state index < -0.39 is 11.7 Å². The first-order chi connectivity index (χ1) is 12.5. The van der Waals surface area contributed by atoms with Crippen molar-refractivity contribution in [1.82, 2.24) is 4.98 Å². The van der Waals surface area contributed by atoms with Crippen molar-refractivity contribution in [3.8, 4) is 0 Å². The predicted octanol–water partition coefficient (Wildman–Crippen LogP) is 4.49. The summed E-state index contributed by atoms with van der Waals surface area (Å²) in [6.45, 7) is 0. The summed E-state index contributed by atoms with van der Waals surface area (Å²) in [4.78, 5) is 28.5. The molecule has 0 aliphatic rings. The second-order valence-corrected chi connectivity index (χ2v) is 6.20. The smallest absolute Gasteiger partial charge is 0.256 e. The fraction of sp³-hybridized carbons (Fsp3) is 0. The van der Waals surface area contributed by atoms with Crippen LogP contribution in [0.25, 0.3) is 0 Å². The number of aromatic nitrogens is 1. The molecule has 130 valence electrons. The molecule has 26 heavy (non-hydrogen) atoms. The highest BCUT2D eigenvalue weighted by Crippen LogP contribution is 2.20. The van der Waals surface area contributed by atoms with E-state index in [0.717, 1.165) is 6.07 Å². The van der Waals surface area contributed by atoms with Crippen LogP contribution in [0.2, 0.25) is 0 Å². The average Bonchev–Trinajstić information content (AvgIpc) is 2.64. The maximum Gasteiger partial charge on any atom is 0.256 e. The van der Waals surface area contributed by atoms with Gasteiger partial charge in [0.25, 0.3) is 11.8 Å². The molecule has 0 radical (unpaired) electrons. The first-order valence-corrected chi connectivity index (χ1v) is 8.40. The largest absolute Gasteiger partial charge is 0.322 e. The molecule has 0 fully saturated rings. The lowest BCUT2D eigenvalue weighted by atomic mass is 10.1. The third-order valence-electron chi connectivity index (χ3n) is 3.49. The second-order valence-electron chi connectivity index (χ2n) is 5.35. The first-order valence-electron chi connectivity index (χ1n) is 7.61. The van der Waals surface area contributed by atoms with Crippen molar-refractivity contribution in [2.24, 2.45) is 0 Å². The number of nitrogens with one attached hydrogen (secondary N) is 2. The highest BCUT2D eigenvalue weighted by atomic mass is 79.9. The molecular weight excluding hydrogens is 401 g/mol. The van der Waals surface area contributed by atoms with Crippen molar-refractivity contribution >= 4 is 39.1 Å². The number of anilines is 2. The molecule has 3 rings (SSSR count). The molecule has 0 bridgehead atoms. The number of benzene rings is 2. The van der Waals surface area contributed by atoms with Crippen LogP contribution in [0.1, 0.15) is 20.7 Å². The summed E-state index contributed by atoms with van der Waals surface area (Å²) in [5, 5.41) is 5.40. The Morgan fingerprint density at radius 3 is 2.38 bits per heavy atom. The topological polar surface area (TPSA) is 71.1 Å². The summed E-state index contributed by atoms with van der Waals surface area (Å²) in [5.41, 5.74) is 1.58. The number of nitrogens with zero attached hydrogens (tertiary/aromatic N) is 1. The molecule has 0 saturated heterocycles. The molecule has 2 N–H and O–H groups in total. The minimum atomic E-state index is -0.510. The molecule has 1 aromatic heterocycles. The van der Waals surface area contributed by atoms with Crippen molar-refractivity contribution in [2.45, 2.75) is 0 Å². The van der Waals surface area contributed by atoms with Gasteiger partial charge < -0.3 is 10.6 Å². The van der Waals surface area contributed by atoms with E-state index in [-0.39, 0.29) is 11.5 Å². The van der Waals surface area contributed by atoms with E-state index in [1.54, 1.807) is 48.8 Å². The Labute approximate surface area is 157 Å². The number of pyridine rings is 1. The van der Waals surface area contributed by atoms with Gasteiger partial charge in [-0.3, -0.25) is 14.6 Å². The monoisotopic (exact) mass is 413 g/mol. The van der Waals surface area contributed by atoms with Crippen LogP contribution in [0.3, 0.4) is 0 Å². The van der Waals surface area contributed by atoms with E-state index in [0.29, 0.717) is 21.4 Å². The summed E-state index contributed by atoms with van der Waals surface area (Å²) in [7, 11) is 0. The van der Waals surface area contributed by atoms with Crippen LogP contribution in [0.4, 0.5) is 15.8 Å². The molecule has 0 aliphatic heterocycles. The molecule has 0 saturated carbocycles. The van der Waals surface area contributed by atoms with Crippen molar-refractivity contribution in [3.05, 3.63) is 88.4 Å². The average molecular weight is 414 g/mol. The van der Waals surface area contributed by atoms with Crippen LogP contribution < -0.4 is 10.6 Å². The number of halogens is 2. The number of amides is 2. The van der Waals surface area contributed by atoms with Gasteiger partial charge in [-0.15, -0.1) is 0 Å². The maximum atomic E-state index is 13.4. The Balaban J connectivity index is 1.76. The van der Waals surface area contributed by atoms with Gasteiger partial charge in [0, 0.05) is 33.8 Å². The van der Waals surface area contributed by atoms with E-state index >= 15 is 0 Å². The van der Waals surface area contributed by atoms with E-state index in [1.807, 2.05) is 0 Å². The van der Waals surface area contributed by atoms with Gasteiger partial charge in [-0.2, -0.15) is 0 Å². The van der Waals surface area contributed by atoms with E-state index in [9.17, 15) is 14.0 Å². The predicted molar refractivity (Wildman–Crippen MR) is 101 cm³/mol. The fourth-order valence-corrected chi connectivity index (χ4v) is 2.67. The fourth-order valence-electron chi connectivity index (χ4n) is 2.25. The molecule has 2 amide bonds. The molecule has 0 atom stereocenters. The Kier molecular flexibility index (Phi) is 5.38. The third-order valence-corrected chi connectivity index (χ3v) is 4.19. The van der Waals surface area contributed by atoms with Crippen LogP contribution in [0.5, 0.6) is 0 Å². The van der Waals surface area contributed by atoms with Gasteiger partial charge >= 0.3 is 0 Å². The molecule has 7 heteroatoms. The number of carbonyl (C=O) groups excluding carboxylic acids is 2. The lowest BCUT2D eigenvalue weighted by Gasteiger charge is -2.09. The van der Waals surface area contributed by atoms with Gasteiger partial charge in [0.2, 0.25) is 0 Å². The first kappa shape index (κ1) is 17.8. The van der Waals surface area contributed by atoms with Crippen LogP contribution in [0.15, 0.2) is 71.5 Å². The van der Waals surface area contributed by atoms with Crippen molar-refractivity contribution < 1.29 is 14.0 Å². The molecule has 3 aromatic rings. The Hall–Kier alpha value is -3.06. The van der Waals surface area contributed by atoms with Gasteiger partial charge in [-0.05, 0) is 64.5 Å². The molecule has 1 heterocycles. The zero-order valence-electron chi connectivity index (χ0n) is 13.4. The Morgan fingerprint density at radius 2 is 1.62 bits per heavy atom. The molecule has 2 aromatic carbocycles. The van der Waals surface area contributed by atoms with Gasteiger partial charge in [-0.25, -0.2) is 4.39 Å². The normalized spacial score (nSPS) is 10.2. The second kappa shape index (κ2) is 7.88. The minimum Gasteiger partial charge on any atom is -0.322 e. The Bertz CT molecular complexity index is 964. The highest BCUT2D eigenvalue weighted by Gasteiger charge is 2.13. The summed E-state index contributed by atoms with van der Waals surface area (Å²) >= 11 is 3.22. The molecule has 0 unspecified atom stereocenters. The minimum absolute atomic E-state index is 0.164. The standard InChI is InChI=1S/C19H13BrFN3O2/c20-17-5-4-13(21)11-16(17)19(26)24-15-3-1-2-12(10-15)18(25)23-14-6-8-22-9-7-14/h1-11H,(H,24,26)(H,22,23,25). The van der Waals surface area contributed by atoms with E-state index in [1.165, 1.54) is 12.1 Å². The molecule has 5 nitrogen and oxygen atoms in total. The Morgan fingerprint density at radius 1 is 0.885 bits per heavy atom. The zero-order valence-corrected chi connectivity index (χ0v) is 15.0. The maximum absolute atomic E-state index is 13.4. The quantitative estimate of drug-likeness (QED) is 0.661. The molecular formula is C19H13BrFN3O2. The van der Waals surface area contributed by atoms with Crippen LogP contribution >= 0.6 is 15.9 Å². The molecule has 0 spiro atoms. The lowest BCUT2D eigenvalue weighted by Crippen LogP contribution is -2.15. The third kappa shape index (κ3) is 4.31. The SMILES string of the molecule is O=C(Nc1ccncc1)c1cccc(NC(=O)c2cc(F)ccc2Br)c1. The van der Waals surface area contributed by atoms with E-state index in [4.69, 9.17) is 0 Å². The van der Waals surface area contributed by atoms with Gasteiger partial charge in [0.15, 0.2) is 0 Å². The number of rotatable bonds is 4. The van der Waals surface area contributed by atoms with Crippen LogP contribution in [-0.4, -0.2) is 16.8 Å². The number of hydrogen-bond donors (Lipinski definition) is 2. The van der Waals surface area contributed by atoms with E-state index in [2.05, 4.69) is 31.5 Å². The van der Waals surface area contributed by atoms with Gasteiger partial charge in [-0.1, -0.05) is 6.07 Å². The zero-order chi connectivity index (χ0) is 18.5. The highest BCUT2D eigenvalue weighted by molar-refractivity contribution is 9.10. The van der Waals surface area contributed by atoms with Gasteiger partial charge in [0.05, 0.1) is 5.56 Å². The van der Waals surface area contributed by atoms with Crippen LogP contribution in [-0.2, 0) is 0 Å². The van der Waals surface area contributed by atoms with Gasteiger partial charge in [0.1, 0.15) is 5.82 Å². The summed E-state index contributed by atoms with van der Waals surface area (Å²) in [6, 6.07) is 13.7.